The summed E-state index contributed by atoms with van der Waals surface area (Å²) in [6.07, 6.45) is -4.50. The summed E-state index contributed by atoms with van der Waals surface area (Å²) in [5.41, 5.74) is 3.17. The van der Waals surface area contributed by atoms with E-state index in [2.05, 4.69) is 10.5 Å². The van der Waals surface area contributed by atoms with Gasteiger partial charge in [0.15, 0.2) is 5.84 Å². The van der Waals surface area contributed by atoms with E-state index in [0.29, 0.717) is 0 Å². The highest BCUT2D eigenvalue weighted by molar-refractivity contribution is 6.05. The smallest absolute Gasteiger partial charge is 0.409 e. The van der Waals surface area contributed by atoms with Crippen LogP contribution in [0.15, 0.2) is 29.4 Å². The molecule has 0 aromatic heterocycles. The van der Waals surface area contributed by atoms with Crippen LogP contribution >= 0.6 is 0 Å². The lowest BCUT2D eigenvalue weighted by atomic mass is 9.91. The Labute approximate surface area is 119 Å². The van der Waals surface area contributed by atoms with Crippen molar-refractivity contribution in [3.8, 4) is 0 Å². The molecule has 0 aliphatic rings. The Morgan fingerprint density at radius 3 is 2.43 bits per heavy atom. The van der Waals surface area contributed by atoms with Crippen molar-refractivity contribution in [2.45, 2.75) is 26.6 Å². The van der Waals surface area contributed by atoms with Crippen molar-refractivity contribution in [2.75, 3.05) is 0 Å². The maximum absolute atomic E-state index is 12.8. The Balaban J connectivity index is 2.89. The summed E-state index contributed by atoms with van der Waals surface area (Å²) < 4.78 is 38.4. The molecule has 8 heteroatoms. The number of alkyl halides is 3. The molecule has 4 N–H and O–H groups in total. The predicted molar refractivity (Wildman–Crippen MR) is 70.5 cm³/mol. The Hall–Kier alpha value is -2.25. The quantitative estimate of drug-likeness (QED) is 0.344. The van der Waals surface area contributed by atoms with Gasteiger partial charge in [-0.2, -0.15) is 13.2 Å². The largest absolute Gasteiger partial charge is 0.416 e. The van der Waals surface area contributed by atoms with Crippen molar-refractivity contribution >= 4 is 11.7 Å². The molecule has 0 aliphatic heterocycles. The Morgan fingerprint density at radius 1 is 1.33 bits per heavy atom. The maximum atomic E-state index is 12.8. The van der Waals surface area contributed by atoms with Gasteiger partial charge in [-0.1, -0.05) is 23.4 Å². The van der Waals surface area contributed by atoms with Crippen LogP contribution in [0, 0.1) is 5.41 Å². The lowest BCUT2D eigenvalue weighted by Gasteiger charge is -2.22. The Morgan fingerprint density at radius 2 is 1.90 bits per heavy atom. The molecule has 5 nitrogen and oxygen atoms in total. The highest BCUT2D eigenvalue weighted by atomic mass is 19.4. The van der Waals surface area contributed by atoms with Crippen LogP contribution in [0.5, 0.6) is 0 Å². The molecule has 0 aliphatic carbocycles. The molecule has 1 aromatic rings. The summed E-state index contributed by atoms with van der Waals surface area (Å²) in [5, 5.41) is 13.7. The van der Waals surface area contributed by atoms with Crippen LogP contribution in [0.3, 0.4) is 0 Å². The van der Waals surface area contributed by atoms with Crippen LogP contribution in [0.4, 0.5) is 13.2 Å². The second kappa shape index (κ2) is 6.02. The molecule has 0 saturated carbocycles. The first-order valence-electron chi connectivity index (χ1n) is 6.02. The molecule has 1 aromatic carbocycles. The minimum absolute atomic E-state index is 0.0614. The molecule has 0 radical (unpaired) electrons. The molecule has 1 rings (SSSR count). The average molecular weight is 303 g/mol. The highest BCUT2D eigenvalue weighted by Crippen LogP contribution is 2.31. The fourth-order valence-corrected chi connectivity index (χ4v) is 1.59. The standard InChI is InChI=1S/C13H16F3N3O2/c1-12(2,10(17)19-21)11(20)18-7-8-5-3-4-6-9(8)13(14,15)16/h3-6,21H,7H2,1-2H3,(H2,17,19)(H,18,20). The van der Waals surface area contributed by atoms with Gasteiger partial charge >= 0.3 is 6.18 Å². The topological polar surface area (TPSA) is 87.7 Å². The lowest BCUT2D eigenvalue weighted by Crippen LogP contribution is -2.45. The van der Waals surface area contributed by atoms with Gasteiger partial charge in [0, 0.05) is 6.54 Å². The van der Waals surface area contributed by atoms with Crippen LogP contribution in [-0.2, 0) is 17.5 Å². The summed E-state index contributed by atoms with van der Waals surface area (Å²) in [6, 6.07) is 4.94. The molecule has 0 fully saturated rings. The normalized spacial score (nSPS) is 13.1. The first-order valence-corrected chi connectivity index (χ1v) is 6.02. The Kier molecular flexibility index (Phi) is 4.82. The van der Waals surface area contributed by atoms with Gasteiger partial charge in [-0.15, -0.1) is 0 Å². The Bertz CT molecular complexity index is 554. The van der Waals surface area contributed by atoms with E-state index >= 15 is 0 Å². The molecular weight excluding hydrogens is 287 g/mol. The van der Waals surface area contributed by atoms with E-state index in [-0.39, 0.29) is 17.9 Å². The maximum Gasteiger partial charge on any atom is 0.416 e. The number of oxime groups is 1. The van der Waals surface area contributed by atoms with E-state index in [4.69, 9.17) is 10.9 Å². The summed E-state index contributed by atoms with van der Waals surface area (Å²) in [7, 11) is 0. The van der Waals surface area contributed by atoms with E-state index in [1.54, 1.807) is 0 Å². The second-order valence-corrected chi connectivity index (χ2v) is 4.95. The molecule has 21 heavy (non-hydrogen) atoms. The number of carbonyl (C=O) groups is 1. The molecule has 1 amide bonds. The number of benzene rings is 1. The van der Waals surface area contributed by atoms with Crippen molar-refractivity contribution < 1.29 is 23.2 Å². The van der Waals surface area contributed by atoms with Crippen LogP contribution in [0.25, 0.3) is 0 Å². The zero-order chi connectivity index (χ0) is 16.3. The van der Waals surface area contributed by atoms with Crippen molar-refractivity contribution in [3.05, 3.63) is 35.4 Å². The van der Waals surface area contributed by atoms with Crippen LogP contribution in [0.2, 0.25) is 0 Å². The summed E-state index contributed by atoms with van der Waals surface area (Å²) in [4.78, 5) is 11.9. The van der Waals surface area contributed by atoms with Crippen molar-refractivity contribution in [1.29, 1.82) is 0 Å². The number of hydrogen-bond donors (Lipinski definition) is 3. The SMILES string of the molecule is CC(C)(C(=O)NCc1ccccc1C(F)(F)F)C(N)=NO. The summed E-state index contributed by atoms with van der Waals surface area (Å²) in [6.45, 7) is 2.48. The number of hydrogen-bond acceptors (Lipinski definition) is 3. The third-order valence-electron chi connectivity index (χ3n) is 3.08. The minimum atomic E-state index is -4.50. The van der Waals surface area contributed by atoms with Gasteiger partial charge in [-0.25, -0.2) is 0 Å². The molecular formula is C13H16F3N3O2. The second-order valence-electron chi connectivity index (χ2n) is 4.95. The first kappa shape index (κ1) is 16.8. The molecule has 0 heterocycles. The number of nitrogens with zero attached hydrogens (tertiary/aromatic N) is 1. The van der Waals surface area contributed by atoms with Crippen LogP contribution < -0.4 is 11.1 Å². The third-order valence-corrected chi connectivity index (χ3v) is 3.08. The van der Waals surface area contributed by atoms with E-state index in [1.165, 1.54) is 32.0 Å². The highest BCUT2D eigenvalue weighted by Gasteiger charge is 2.35. The van der Waals surface area contributed by atoms with Gasteiger partial charge < -0.3 is 16.3 Å². The number of carbonyl (C=O) groups excluding carboxylic acids is 1. The van der Waals surface area contributed by atoms with Crippen molar-refractivity contribution in [3.63, 3.8) is 0 Å². The van der Waals surface area contributed by atoms with Gasteiger partial charge in [0.25, 0.3) is 0 Å². The number of nitrogens with two attached hydrogens (primary N) is 1. The van der Waals surface area contributed by atoms with Gasteiger partial charge in [0.05, 0.1) is 5.56 Å². The van der Waals surface area contributed by atoms with Gasteiger partial charge in [0.1, 0.15) is 5.41 Å². The number of amidine groups is 1. The van der Waals surface area contributed by atoms with E-state index in [1.807, 2.05) is 0 Å². The molecule has 0 spiro atoms. The monoisotopic (exact) mass is 303 g/mol. The van der Waals surface area contributed by atoms with Gasteiger partial charge in [-0.3, -0.25) is 4.79 Å². The number of halogens is 3. The van der Waals surface area contributed by atoms with Crippen molar-refractivity contribution in [1.82, 2.24) is 5.32 Å². The first-order chi connectivity index (χ1) is 9.60. The minimum Gasteiger partial charge on any atom is -0.409 e. The zero-order valence-electron chi connectivity index (χ0n) is 11.5. The number of nitrogens with one attached hydrogen (secondary N) is 1. The third kappa shape index (κ3) is 3.87. The number of amides is 1. The summed E-state index contributed by atoms with van der Waals surface area (Å²) >= 11 is 0. The van der Waals surface area contributed by atoms with Crippen molar-refractivity contribution in [2.24, 2.45) is 16.3 Å². The van der Waals surface area contributed by atoms with Crippen LogP contribution in [-0.4, -0.2) is 17.0 Å². The average Bonchev–Trinajstić information content (AvgIpc) is 2.42. The van der Waals surface area contributed by atoms with Gasteiger partial charge in [-0.05, 0) is 25.5 Å². The molecule has 0 unspecified atom stereocenters. The molecule has 0 saturated heterocycles. The zero-order valence-corrected chi connectivity index (χ0v) is 11.5. The van der Waals surface area contributed by atoms with E-state index < -0.39 is 23.1 Å². The fraction of sp³-hybridized carbons (Fsp3) is 0.385. The number of rotatable bonds is 4. The summed E-state index contributed by atoms with van der Waals surface area (Å²) in [5.74, 6) is -0.973. The van der Waals surface area contributed by atoms with E-state index in [9.17, 15) is 18.0 Å². The molecule has 0 atom stereocenters. The lowest BCUT2D eigenvalue weighted by molar-refractivity contribution is -0.138. The van der Waals surface area contributed by atoms with Gasteiger partial charge in [0.2, 0.25) is 5.91 Å². The molecule has 116 valence electrons. The van der Waals surface area contributed by atoms with Crippen LogP contribution in [0.1, 0.15) is 25.0 Å². The predicted octanol–water partition coefficient (Wildman–Crippen LogP) is 2.09. The molecule has 0 bridgehead atoms. The fourth-order valence-electron chi connectivity index (χ4n) is 1.59. The van der Waals surface area contributed by atoms with E-state index in [0.717, 1.165) is 6.07 Å².